The molecule has 3 rings (SSSR count). The summed E-state index contributed by atoms with van der Waals surface area (Å²) < 4.78 is 0. The molecule has 1 aromatic rings. The second-order valence-corrected chi connectivity index (χ2v) is 5.82. The number of nitrogens with zero attached hydrogens (tertiary/aromatic N) is 1. The number of imide groups is 1. The Balaban J connectivity index is 1.91. The minimum Gasteiger partial charge on any atom is -0.394 e. The molecule has 4 heteroatoms. The van der Waals surface area contributed by atoms with Crippen LogP contribution in [0.25, 0.3) is 0 Å². The molecular weight excluding hydrogens is 254 g/mol. The second kappa shape index (κ2) is 5.02. The molecule has 1 unspecified atom stereocenters. The third-order valence-corrected chi connectivity index (χ3v) is 4.65. The van der Waals surface area contributed by atoms with Gasteiger partial charge in [-0.2, -0.15) is 0 Å². The lowest BCUT2D eigenvalue weighted by molar-refractivity contribution is -0.148. The predicted octanol–water partition coefficient (Wildman–Crippen LogP) is 1.83. The lowest BCUT2D eigenvalue weighted by atomic mass is 9.95. The summed E-state index contributed by atoms with van der Waals surface area (Å²) in [6.07, 6.45) is 3.61. The highest BCUT2D eigenvalue weighted by Gasteiger charge is 2.51. The fraction of sp³-hybridized carbons (Fsp3) is 0.500. The number of rotatable bonds is 3. The molecule has 1 saturated carbocycles. The summed E-state index contributed by atoms with van der Waals surface area (Å²) in [7, 11) is 0. The Kier molecular flexibility index (Phi) is 3.34. The fourth-order valence-electron chi connectivity index (χ4n) is 3.56. The number of amides is 2. The van der Waals surface area contributed by atoms with Crippen LogP contribution in [-0.2, 0) is 9.59 Å². The van der Waals surface area contributed by atoms with Crippen LogP contribution in [0.4, 0.5) is 0 Å². The molecule has 2 fully saturated rings. The van der Waals surface area contributed by atoms with Crippen molar-refractivity contribution in [1.29, 1.82) is 0 Å². The van der Waals surface area contributed by atoms with E-state index in [9.17, 15) is 14.7 Å². The molecule has 1 atom stereocenters. The van der Waals surface area contributed by atoms with Crippen LogP contribution in [-0.4, -0.2) is 34.0 Å². The molecular formula is C16H19NO3. The van der Waals surface area contributed by atoms with Gasteiger partial charge in [0.25, 0.3) is 0 Å². The third-order valence-electron chi connectivity index (χ3n) is 4.65. The van der Waals surface area contributed by atoms with E-state index in [0.717, 1.165) is 31.2 Å². The van der Waals surface area contributed by atoms with Crippen molar-refractivity contribution in [1.82, 2.24) is 4.90 Å². The van der Waals surface area contributed by atoms with E-state index in [1.807, 2.05) is 30.3 Å². The highest BCUT2D eigenvalue weighted by atomic mass is 16.3. The minimum atomic E-state index is -0.641. The first-order valence-corrected chi connectivity index (χ1v) is 7.21. The largest absolute Gasteiger partial charge is 0.394 e. The molecule has 0 radical (unpaired) electrons. The molecule has 4 nitrogen and oxygen atoms in total. The third kappa shape index (κ3) is 1.95. The van der Waals surface area contributed by atoms with Gasteiger partial charge in [-0.25, -0.2) is 0 Å². The van der Waals surface area contributed by atoms with Crippen molar-refractivity contribution in [2.75, 3.05) is 6.61 Å². The molecule has 1 aliphatic heterocycles. The second-order valence-electron chi connectivity index (χ2n) is 5.82. The van der Waals surface area contributed by atoms with E-state index in [-0.39, 0.29) is 30.8 Å². The van der Waals surface area contributed by atoms with Crippen molar-refractivity contribution >= 4 is 11.8 Å². The maximum atomic E-state index is 12.7. The van der Waals surface area contributed by atoms with Crippen molar-refractivity contribution in [2.45, 2.75) is 43.6 Å². The highest BCUT2D eigenvalue weighted by molar-refractivity contribution is 6.07. The van der Waals surface area contributed by atoms with Gasteiger partial charge in [0.2, 0.25) is 11.8 Å². The number of carbonyl (C=O) groups excluding carboxylic acids is 2. The van der Waals surface area contributed by atoms with Gasteiger partial charge < -0.3 is 5.11 Å². The topological polar surface area (TPSA) is 57.6 Å². The van der Waals surface area contributed by atoms with Gasteiger partial charge in [0, 0.05) is 6.42 Å². The van der Waals surface area contributed by atoms with Crippen LogP contribution in [0, 0.1) is 0 Å². The van der Waals surface area contributed by atoms with Crippen molar-refractivity contribution in [3.8, 4) is 0 Å². The quantitative estimate of drug-likeness (QED) is 0.855. The Bertz CT molecular complexity index is 520. The van der Waals surface area contributed by atoms with Gasteiger partial charge in [-0.15, -0.1) is 0 Å². The molecule has 1 saturated heterocycles. The molecule has 2 aliphatic rings. The summed E-state index contributed by atoms with van der Waals surface area (Å²) in [4.78, 5) is 26.3. The van der Waals surface area contributed by atoms with E-state index in [0.29, 0.717) is 0 Å². The Morgan fingerprint density at radius 3 is 2.40 bits per heavy atom. The van der Waals surface area contributed by atoms with Gasteiger partial charge in [0.05, 0.1) is 18.1 Å². The highest BCUT2D eigenvalue weighted by Crippen LogP contribution is 2.41. The van der Waals surface area contributed by atoms with Crippen LogP contribution < -0.4 is 0 Å². The summed E-state index contributed by atoms with van der Waals surface area (Å²) in [6.45, 7) is -0.119. The smallest absolute Gasteiger partial charge is 0.237 e. The first-order chi connectivity index (χ1) is 9.68. The minimum absolute atomic E-state index is 0.119. The van der Waals surface area contributed by atoms with E-state index in [1.165, 1.54) is 4.90 Å². The number of aliphatic hydroxyl groups excluding tert-OH is 1. The summed E-state index contributed by atoms with van der Waals surface area (Å²) in [6, 6.07) is 9.44. The predicted molar refractivity (Wildman–Crippen MR) is 73.9 cm³/mol. The van der Waals surface area contributed by atoms with Crippen LogP contribution in [0.5, 0.6) is 0 Å². The molecule has 1 N–H and O–H groups in total. The Morgan fingerprint density at radius 2 is 1.80 bits per heavy atom. The molecule has 1 aromatic carbocycles. The lowest BCUT2D eigenvalue weighted by Crippen LogP contribution is -2.52. The fourth-order valence-corrected chi connectivity index (χ4v) is 3.56. The van der Waals surface area contributed by atoms with Crippen LogP contribution in [0.2, 0.25) is 0 Å². The van der Waals surface area contributed by atoms with Crippen molar-refractivity contribution in [3.05, 3.63) is 35.9 Å². The molecule has 0 spiro atoms. The average Bonchev–Trinajstić information content (AvgIpc) is 3.05. The van der Waals surface area contributed by atoms with Crippen molar-refractivity contribution in [3.63, 3.8) is 0 Å². The van der Waals surface area contributed by atoms with Crippen molar-refractivity contribution in [2.24, 2.45) is 0 Å². The van der Waals surface area contributed by atoms with Gasteiger partial charge in [0.15, 0.2) is 0 Å². The van der Waals surface area contributed by atoms with Gasteiger partial charge in [-0.3, -0.25) is 14.5 Å². The molecule has 20 heavy (non-hydrogen) atoms. The maximum Gasteiger partial charge on any atom is 0.237 e. The van der Waals surface area contributed by atoms with E-state index >= 15 is 0 Å². The van der Waals surface area contributed by atoms with E-state index < -0.39 is 5.54 Å². The normalized spacial score (nSPS) is 25.4. The average molecular weight is 273 g/mol. The van der Waals surface area contributed by atoms with Crippen LogP contribution in [0.3, 0.4) is 0 Å². The standard InChI is InChI=1S/C16H19NO3/c18-11-16(8-4-5-9-16)17-14(19)10-13(15(17)20)12-6-2-1-3-7-12/h1-3,6-7,13,18H,4-5,8-11H2. The summed E-state index contributed by atoms with van der Waals surface area (Å²) in [5.74, 6) is -0.662. The van der Waals surface area contributed by atoms with Gasteiger partial charge >= 0.3 is 0 Å². The van der Waals surface area contributed by atoms with Crippen LogP contribution >= 0.6 is 0 Å². The van der Waals surface area contributed by atoms with Crippen LogP contribution in [0.15, 0.2) is 30.3 Å². The van der Waals surface area contributed by atoms with Gasteiger partial charge in [0.1, 0.15) is 0 Å². The number of carbonyl (C=O) groups is 2. The molecule has 0 bridgehead atoms. The zero-order valence-electron chi connectivity index (χ0n) is 11.4. The number of hydrogen-bond donors (Lipinski definition) is 1. The summed E-state index contributed by atoms with van der Waals surface area (Å²) in [5.41, 5.74) is 0.247. The maximum absolute atomic E-state index is 12.7. The monoisotopic (exact) mass is 273 g/mol. The Morgan fingerprint density at radius 1 is 1.15 bits per heavy atom. The zero-order valence-corrected chi connectivity index (χ0v) is 11.4. The molecule has 0 aromatic heterocycles. The number of likely N-dealkylation sites (tertiary alicyclic amines) is 1. The Labute approximate surface area is 118 Å². The van der Waals surface area contributed by atoms with Gasteiger partial charge in [-0.05, 0) is 18.4 Å². The first kappa shape index (κ1) is 13.3. The van der Waals surface area contributed by atoms with Crippen LogP contribution in [0.1, 0.15) is 43.6 Å². The number of aliphatic hydroxyl groups is 1. The first-order valence-electron chi connectivity index (χ1n) is 7.21. The number of benzene rings is 1. The summed E-state index contributed by atoms with van der Waals surface area (Å²) >= 11 is 0. The SMILES string of the molecule is O=C1CC(c2ccccc2)C(=O)N1C1(CO)CCCC1. The molecule has 1 heterocycles. The summed E-state index contributed by atoms with van der Waals surface area (Å²) in [5, 5.41) is 9.72. The van der Waals surface area contributed by atoms with Gasteiger partial charge in [-0.1, -0.05) is 43.2 Å². The van der Waals surface area contributed by atoms with Crippen molar-refractivity contribution < 1.29 is 14.7 Å². The number of hydrogen-bond acceptors (Lipinski definition) is 3. The molecule has 1 aliphatic carbocycles. The van der Waals surface area contributed by atoms with E-state index in [4.69, 9.17) is 0 Å². The molecule has 106 valence electrons. The van der Waals surface area contributed by atoms with E-state index in [2.05, 4.69) is 0 Å². The zero-order chi connectivity index (χ0) is 14.2. The Hall–Kier alpha value is -1.68. The molecule has 2 amide bonds. The van der Waals surface area contributed by atoms with E-state index in [1.54, 1.807) is 0 Å². The lowest BCUT2D eigenvalue weighted by Gasteiger charge is -2.35.